The third kappa shape index (κ3) is 4.71. The fourth-order valence-electron chi connectivity index (χ4n) is 1.52. The lowest BCUT2D eigenvalue weighted by Crippen LogP contribution is -2.08. The van der Waals surface area contributed by atoms with Crippen LogP contribution < -0.4 is 14.8 Å². The zero-order valence-electron chi connectivity index (χ0n) is 11.8. The Kier molecular flexibility index (Phi) is 5.51. The van der Waals surface area contributed by atoms with Crippen LogP contribution in [0.15, 0.2) is 18.3 Å². The van der Waals surface area contributed by atoms with Crippen LogP contribution in [0.3, 0.4) is 0 Å². The number of hydrogen-bond acceptors (Lipinski definition) is 7. The molecule has 0 aliphatic rings. The molecule has 0 aliphatic heterocycles. The first-order valence-electron chi connectivity index (χ1n) is 6.48. The van der Waals surface area contributed by atoms with Crippen LogP contribution in [0.5, 0.6) is 11.9 Å². The number of methoxy groups -OCH3 is 1. The molecule has 0 saturated heterocycles. The van der Waals surface area contributed by atoms with Gasteiger partial charge in [-0.1, -0.05) is 6.92 Å². The highest BCUT2D eigenvalue weighted by Crippen LogP contribution is 2.14. The maximum absolute atomic E-state index is 5.85. The van der Waals surface area contributed by atoms with E-state index >= 15 is 0 Å². The van der Waals surface area contributed by atoms with E-state index in [2.05, 4.69) is 25.3 Å². The molecule has 0 saturated carbocycles. The van der Waals surface area contributed by atoms with Crippen molar-refractivity contribution >= 4 is 17.5 Å². The molecule has 2 aromatic heterocycles. The predicted octanol–water partition coefficient (Wildman–Crippen LogP) is 2.33. The molecule has 0 spiro atoms. The Morgan fingerprint density at radius 2 is 2.14 bits per heavy atom. The molecule has 8 heteroatoms. The number of rotatable bonds is 7. The standard InChI is InChI=1S/C13H16ClN5O2/c1-3-6-21-13-18-11(14)17-12(19-13)16-8-9-4-5-15-10(7-9)20-2/h4-5,7H,3,6,8H2,1-2H3,(H,16,17,18,19). The second kappa shape index (κ2) is 7.58. The van der Waals surface area contributed by atoms with Gasteiger partial charge in [0.05, 0.1) is 13.7 Å². The minimum Gasteiger partial charge on any atom is -0.481 e. The van der Waals surface area contributed by atoms with Crippen molar-refractivity contribution in [2.45, 2.75) is 19.9 Å². The number of pyridine rings is 1. The molecule has 0 atom stereocenters. The summed E-state index contributed by atoms with van der Waals surface area (Å²) in [7, 11) is 1.57. The fourth-order valence-corrected chi connectivity index (χ4v) is 1.67. The van der Waals surface area contributed by atoms with Crippen LogP contribution >= 0.6 is 11.6 Å². The van der Waals surface area contributed by atoms with Gasteiger partial charge < -0.3 is 14.8 Å². The average Bonchev–Trinajstić information content (AvgIpc) is 2.50. The van der Waals surface area contributed by atoms with Gasteiger partial charge in [0.1, 0.15) is 0 Å². The lowest BCUT2D eigenvalue weighted by molar-refractivity contribution is 0.291. The van der Waals surface area contributed by atoms with Crippen LogP contribution in [-0.2, 0) is 6.54 Å². The Balaban J connectivity index is 2.03. The molecule has 0 aromatic carbocycles. The zero-order chi connectivity index (χ0) is 15.1. The van der Waals surface area contributed by atoms with E-state index < -0.39 is 0 Å². The van der Waals surface area contributed by atoms with E-state index in [1.54, 1.807) is 13.3 Å². The molecule has 0 unspecified atom stereocenters. The maximum Gasteiger partial charge on any atom is 0.322 e. The van der Waals surface area contributed by atoms with E-state index in [9.17, 15) is 0 Å². The molecule has 0 fully saturated rings. The van der Waals surface area contributed by atoms with Gasteiger partial charge in [-0.15, -0.1) is 0 Å². The smallest absolute Gasteiger partial charge is 0.322 e. The summed E-state index contributed by atoms with van der Waals surface area (Å²) < 4.78 is 10.4. The van der Waals surface area contributed by atoms with Crippen LogP contribution in [0.1, 0.15) is 18.9 Å². The molecule has 2 rings (SSSR count). The molecule has 0 radical (unpaired) electrons. The summed E-state index contributed by atoms with van der Waals surface area (Å²) in [5, 5.41) is 3.15. The summed E-state index contributed by atoms with van der Waals surface area (Å²) in [6, 6.07) is 3.91. The number of ether oxygens (including phenoxy) is 2. The zero-order valence-corrected chi connectivity index (χ0v) is 12.6. The van der Waals surface area contributed by atoms with Crippen LogP contribution in [0.25, 0.3) is 0 Å². The van der Waals surface area contributed by atoms with Gasteiger partial charge in [0.2, 0.25) is 17.1 Å². The topological polar surface area (TPSA) is 82.1 Å². The molecule has 21 heavy (non-hydrogen) atoms. The number of nitrogens with one attached hydrogen (secondary N) is 1. The minimum atomic E-state index is 0.0888. The Hall–Kier alpha value is -2.15. The predicted molar refractivity (Wildman–Crippen MR) is 78.7 cm³/mol. The first kappa shape index (κ1) is 15.2. The molecule has 0 aliphatic carbocycles. The van der Waals surface area contributed by atoms with E-state index in [4.69, 9.17) is 21.1 Å². The van der Waals surface area contributed by atoms with Crippen LogP contribution in [0.2, 0.25) is 5.28 Å². The summed E-state index contributed by atoms with van der Waals surface area (Å²) in [6.45, 7) is 3.03. The third-order valence-corrected chi connectivity index (χ3v) is 2.65. The number of aromatic nitrogens is 4. The van der Waals surface area contributed by atoms with Gasteiger partial charge >= 0.3 is 6.01 Å². The summed E-state index contributed by atoms with van der Waals surface area (Å²) >= 11 is 5.85. The number of halogens is 1. The van der Waals surface area contributed by atoms with Gasteiger partial charge in [0.15, 0.2) is 0 Å². The molecule has 2 aromatic rings. The third-order valence-electron chi connectivity index (χ3n) is 2.48. The van der Waals surface area contributed by atoms with E-state index in [1.165, 1.54) is 0 Å². The van der Waals surface area contributed by atoms with Crippen molar-refractivity contribution in [3.8, 4) is 11.9 Å². The molecular weight excluding hydrogens is 294 g/mol. The fraction of sp³-hybridized carbons (Fsp3) is 0.385. The normalized spacial score (nSPS) is 10.2. The highest BCUT2D eigenvalue weighted by Gasteiger charge is 2.06. The average molecular weight is 310 g/mol. The quantitative estimate of drug-likeness (QED) is 0.840. The van der Waals surface area contributed by atoms with Gasteiger partial charge in [-0.05, 0) is 29.7 Å². The Morgan fingerprint density at radius 3 is 2.90 bits per heavy atom. The van der Waals surface area contributed by atoms with Crippen LogP contribution in [0, 0.1) is 0 Å². The molecule has 1 N–H and O–H groups in total. The Bertz CT molecular complexity index is 597. The van der Waals surface area contributed by atoms with Crippen molar-refractivity contribution in [3.05, 3.63) is 29.2 Å². The summed E-state index contributed by atoms with van der Waals surface area (Å²) in [6.07, 6.45) is 2.54. The van der Waals surface area contributed by atoms with Gasteiger partial charge in [-0.3, -0.25) is 0 Å². The first-order chi connectivity index (χ1) is 10.2. The van der Waals surface area contributed by atoms with Crippen molar-refractivity contribution in [2.75, 3.05) is 19.0 Å². The van der Waals surface area contributed by atoms with Crippen LogP contribution in [0.4, 0.5) is 5.95 Å². The van der Waals surface area contributed by atoms with Gasteiger partial charge in [0, 0.05) is 18.8 Å². The lowest BCUT2D eigenvalue weighted by atomic mass is 10.2. The van der Waals surface area contributed by atoms with E-state index in [1.807, 2.05) is 19.1 Å². The molecule has 2 heterocycles. The highest BCUT2D eigenvalue weighted by atomic mass is 35.5. The largest absolute Gasteiger partial charge is 0.481 e. The Labute approximate surface area is 127 Å². The molecule has 0 bridgehead atoms. The highest BCUT2D eigenvalue weighted by molar-refractivity contribution is 6.28. The molecule has 7 nitrogen and oxygen atoms in total. The van der Waals surface area contributed by atoms with Gasteiger partial charge in [-0.2, -0.15) is 15.0 Å². The monoisotopic (exact) mass is 309 g/mol. The number of hydrogen-bond donors (Lipinski definition) is 1. The van der Waals surface area contributed by atoms with Crippen molar-refractivity contribution in [2.24, 2.45) is 0 Å². The van der Waals surface area contributed by atoms with Crippen LogP contribution in [-0.4, -0.2) is 33.7 Å². The summed E-state index contributed by atoms with van der Waals surface area (Å²) in [4.78, 5) is 16.1. The van der Waals surface area contributed by atoms with Crippen molar-refractivity contribution in [1.29, 1.82) is 0 Å². The second-order valence-electron chi connectivity index (χ2n) is 4.12. The van der Waals surface area contributed by atoms with Crippen molar-refractivity contribution in [3.63, 3.8) is 0 Å². The van der Waals surface area contributed by atoms with Gasteiger partial charge in [-0.25, -0.2) is 4.98 Å². The SMILES string of the molecule is CCCOc1nc(Cl)nc(NCc2ccnc(OC)c2)n1. The Morgan fingerprint density at radius 1 is 1.29 bits per heavy atom. The first-order valence-corrected chi connectivity index (χ1v) is 6.86. The van der Waals surface area contributed by atoms with Crippen molar-refractivity contribution in [1.82, 2.24) is 19.9 Å². The summed E-state index contributed by atoms with van der Waals surface area (Å²) in [5.41, 5.74) is 0.981. The number of nitrogens with zero attached hydrogens (tertiary/aromatic N) is 4. The number of anilines is 1. The molecule has 112 valence electrons. The molecular formula is C13H16ClN5O2. The van der Waals surface area contributed by atoms with Crippen molar-refractivity contribution < 1.29 is 9.47 Å². The van der Waals surface area contributed by atoms with E-state index in [0.717, 1.165) is 12.0 Å². The van der Waals surface area contributed by atoms with E-state index in [-0.39, 0.29) is 11.3 Å². The van der Waals surface area contributed by atoms with Gasteiger partial charge in [0.25, 0.3) is 0 Å². The lowest BCUT2D eigenvalue weighted by Gasteiger charge is -2.08. The van der Waals surface area contributed by atoms with E-state index in [0.29, 0.717) is 25.0 Å². The summed E-state index contributed by atoms with van der Waals surface area (Å²) in [5.74, 6) is 0.909. The minimum absolute atomic E-state index is 0.0888. The second-order valence-corrected chi connectivity index (χ2v) is 4.46. The maximum atomic E-state index is 5.85. The molecule has 0 amide bonds.